The lowest BCUT2D eigenvalue weighted by Gasteiger charge is -2.05. The Morgan fingerprint density at radius 1 is 1.08 bits per heavy atom. The Bertz CT molecular complexity index is 800. The van der Waals surface area contributed by atoms with Gasteiger partial charge in [-0.2, -0.15) is 15.0 Å². The third-order valence-corrected chi connectivity index (χ3v) is 3.74. The number of halogens is 1. The summed E-state index contributed by atoms with van der Waals surface area (Å²) in [6, 6.07) is 16.2. The summed E-state index contributed by atoms with van der Waals surface area (Å²) in [4.78, 5) is 1.62. The molecule has 0 saturated heterocycles. The zero-order chi connectivity index (χ0) is 17.6. The first-order valence-electron chi connectivity index (χ1n) is 8.24. The highest BCUT2D eigenvalue weighted by Gasteiger charge is 2.13. The van der Waals surface area contributed by atoms with Gasteiger partial charge in [-0.05, 0) is 24.6 Å². The quantitative estimate of drug-likeness (QED) is 0.694. The van der Waals surface area contributed by atoms with Crippen LogP contribution in [0.4, 0.5) is 4.39 Å². The summed E-state index contributed by atoms with van der Waals surface area (Å²) >= 11 is 0. The van der Waals surface area contributed by atoms with Crippen molar-refractivity contribution >= 4 is 0 Å². The molecule has 5 nitrogen and oxygen atoms in total. The molecule has 6 heteroatoms. The Balaban J connectivity index is 1.84. The number of nitrogens with one attached hydrogen (secondary N) is 1. The lowest BCUT2D eigenvalue weighted by atomic mass is 10.1. The second kappa shape index (κ2) is 8.00. The Morgan fingerprint density at radius 3 is 2.48 bits per heavy atom. The highest BCUT2D eigenvalue weighted by molar-refractivity contribution is 5.60. The minimum absolute atomic E-state index is 0.259. The third-order valence-electron chi connectivity index (χ3n) is 3.74. The second-order valence-corrected chi connectivity index (χ2v) is 6.00. The first kappa shape index (κ1) is 17.3. The smallest absolute Gasteiger partial charge is 0.123 e. The summed E-state index contributed by atoms with van der Waals surface area (Å²) in [5.41, 5.74) is 3.54. The fraction of sp³-hybridized carbons (Fsp3) is 0.263. The van der Waals surface area contributed by atoms with E-state index in [1.807, 2.05) is 30.3 Å². The summed E-state index contributed by atoms with van der Waals surface area (Å²) in [5.74, 6) is -0.259. The second-order valence-electron chi connectivity index (χ2n) is 6.00. The summed E-state index contributed by atoms with van der Waals surface area (Å²) < 4.78 is 13.1. The van der Waals surface area contributed by atoms with E-state index in [0.717, 1.165) is 22.5 Å². The normalized spacial score (nSPS) is 12.3. The Morgan fingerprint density at radius 2 is 1.80 bits per heavy atom. The van der Waals surface area contributed by atoms with Crippen molar-refractivity contribution in [2.75, 3.05) is 6.54 Å². The third kappa shape index (κ3) is 4.71. The average Bonchev–Trinajstić information content (AvgIpc) is 3.00. The van der Waals surface area contributed by atoms with Crippen LogP contribution in [0.5, 0.6) is 0 Å². The van der Waals surface area contributed by atoms with E-state index in [-0.39, 0.29) is 5.82 Å². The molecule has 1 atom stereocenters. The van der Waals surface area contributed by atoms with Gasteiger partial charge in [0, 0.05) is 18.7 Å². The van der Waals surface area contributed by atoms with E-state index < -0.39 is 6.10 Å². The van der Waals surface area contributed by atoms with E-state index in [0.29, 0.717) is 19.6 Å². The molecule has 25 heavy (non-hydrogen) atoms. The predicted molar refractivity (Wildman–Crippen MR) is 94.3 cm³/mol. The monoisotopic (exact) mass is 340 g/mol. The Hall–Kier alpha value is -2.57. The molecule has 0 unspecified atom stereocenters. The van der Waals surface area contributed by atoms with Gasteiger partial charge < -0.3 is 10.4 Å². The van der Waals surface area contributed by atoms with Gasteiger partial charge in [0.1, 0.15) is 17.2 Å². The number of hydrogen-bond acceptors (Lipinski definition) is 4. The van der Waals surface area contributed by atoms with Crippen LogP contribution in [0.25, 0.3) is 11.3 Å². The van der Waals surface area contributed by atoms with Crippen LogP contribution >= 0.6 is 0 Å². The summed E-state index contributed by atoms with van der Waals surface area (Å²) in [6.07, 6.45) is -0.422. The molecule has 2 aromatic carbocycles. The van der Waals surface area contributed by atoms with Crippen molar-refractivity contribution in [3.63, 3.8) is 0 Å². The van der Waals surface area contributed by atoms with Gasteiger partial charge in [-0.1, -0.05) is 42.5 Å². The van der Waals surface area contributed by atoms with Gasteiger partial charge >= 0.3 is 0 Å². The molecule has 1 heterocycles. The number of benzene rings is 2. The summed E-state index contributed by atoms with van der Waals surface area (Å²) in [7, 11) is 0. The lowest BCUT2D eigenvalue weighted by molar-refractivity contribution is 0.191. The van der Waals surface area contributed by atoms with Crippen molar-refractivity contribution < 1.29 is 9.50 Å². The molecule has 1 aromatic heterocycles. The van der Waals surface area contributed by atoms with E-state index in [1.54, 1.807) is 23.9 Å². The van der Waals surface area contributed by atoms with E-state index >= 15 is 0 Å². The number of hydrogen-bond donors (Lipinski definition) is 2. The Kier molecular flexibility index (Phi) is 5.53. The van der Waals surface area contributed by atoms with Crippen molar-refractivity contribution in [2.45, 2.75) is 26.1 Å². The number of nitrogens with zero attached hydrogens (tertiary/aromatic N) is 3. The first-order valence-corrected chi connectivity index (χ1v) is 8.24. The standard InChI is InChI=1S/C19H21FN4O/c1-14(25)11-21-12-18-19(16-5-3-2-4-6-16)23-24(22-18)13-15-7-9-17(20)10-8-15/h2-10,14,21,25H,11-13H2,1H3/t14-/m1/s1. The molecule has 3 rings (SSSR count). The minimum Gasteiger partial charge on any atom is -0.392 e. The molecular weight excluding hydrogens is 319 g/mol. The zero-order valence-electron chi connectivity index (χ0n) is 14.1. The molecule has 0 saturated carbocycles. The summed E-state index contributed by atoms with van der Waals surface area (Å²) in [6.45, 7) is 3.20. The number of aliphatic hydroxyl groups is 1. The van der Waals surface area contributed by atoms with Gasteiger partial charge in [-0.3, -0.25) is 0 Å². The predicted octanol–water partition coefficient (Wildman–Crippen LogP) is 2.60. The van der Waals surface area contributed by atoms with E-state index in [9.17, 15) is 9.50 Å². The molecule has 0 fully saturated rings. The molecule has 3 aromatic rings. The molecular formula is C19H21FN4O. The first-order chi connectivity index (χ1) is 12.1. The summed E-state index contributed by atoms with van der Waals surface area (Å²) in [5, 5.41) is 21.8. The largest absolute Gasteiger partial charge is 0.392 e. The van der Waals surface area contributed by atoms with Crippen LogP contribution in [0.2, 0.25) is 0 Å². The highest BCUT2D eigenvalue weighted by atomic mass is 19.1. The van der Waals surface area contributed by atoms with Crippen molar-refractivity contribution in [3.8, 4) is 11.3 Å². The lowest BCUT2D eigenvalue weighted by Crippen LogP contribution is -2.24. The van der Waals surface area contributed by atoms with Gasteiger partial charge in [0.15, 0.2) is 0 Å². The maximum atomic E-state index is 13.1. The van der Waals surface area contributed by atoms with E-state index in [1.165, 1.54) is 12.1 Å². The van der Waals surface area contributed by atoms with Crippen LogP contribution < -0.4 is 5.32 Å². The maximum Gasteiger partial charge on any atom is 0.123 e. The van der Waals surface area contributed by atoms with Gasteiger partial charge in [-0.25, -0.2) is 4.39 Å². The Labute approximate surface area is 146 Å². The van der Waals surface area contributed by atoms with Gasteiger partial charge in [0.2, 0.25) is 0 Å². The van der Waals surface area contributed by atoms with Crippen LogP contribution in [0, 0.1) is 5.82 Å². The van der Waals surface area contributed by atoms with Gasteiger partial charge in [-0.15, -0.1) is 0 Å². The van der Waals surface area contributed by atoms with Gasteiger partial charge in [0.25, 0.3) is 0 Å². The molecule has 0 aliphatic rings. The van der Waals surface area contributed by atoms with Crippen LogP contribution in [-0.4, -0.2) is 32.7 Å². The highest BCUT2D eigenvalue weighted by Crippen LogP contribution is 2.20. The molecule has 0 aliphatic heterocycles. The minimum atomic E-state index is -0.422. The number of aliphatic hydroxyl groups excluding tert-OH is 1. The molecule has 130 valence electrons. The molecule has 0 spiro atoms. The fourth-order valence-corrected chi connectivity index (χ4v) is 2.54. The molecule has 0 bridgehead atoms. The van der Waals surface area contributed by atoms with Crippen molar-refractivity contribution in [1.82, 2.24) is 20.3 Å². The van der Waals surface area contributed by atoms with Crippen LogP contribution in [0.1, 0.15) is 18.2 Å². The molecule has 0 amide bonds. The van der Waals surface area contributed by atoms with Crippen molar-refractivity contribution in [2.24, 2.45) is 0 Å². The maximum absolute atomic E-state index is 13.1. The fourth-order valence-electron chi connectivity index (χ4n) is 2.54. The van der Waals surface area contributed by atoms with Crippen molar-refractivity contribution in [3.05, 3.63) is 71.7 Å². The van der Waals surface area contributed by atoms with Gasteiger partial charge in [0.05, 0.1) is 12.6 Å². The van der Waals surface area contributed by atoms with Crippen LogP contribution in [0.3, 0.4) is 0 Å². The molecule has 0 radical (unpaired) electrons. The zero-order valence-corrected chi connectivity index (χ0v) is 14.1. The van der Waals surface area contributed by atoms with E-state index in [2.05, 4.69) is 15.5 Å². The van der Waals surface area contributed by atoms with E-state index in [4.69, 9.17) is 0 Å². The SMILES string of the molecule is C[C@@H](O)CNCc1nn(Cc2ccc(F)cc2)nc1-c1ccccc1. The van der Waals surface area contributed by atoms with Crippen molar-refractivity contribution in [1.29, 1.82) is 0 Å². The number of rotatable bonds is 7. The van der Waals surface area contributed by atoms with Crippen LogP contribution in [0.15, 0.2) is 54.6 Å². The van der Waals surface area contributed by atoms with Crippen LogP contribution in [-0.2, 0) is 13.1 Å². The number of aromatic nitrogens is 3. The topological polar surface area (TPSA) is 63.0 Å². The molecule has 0 aliphatic carbocycles. The average molecular weight is 340 g/mol. The molecule has 2 N–H and O–H groups in total.